The number of hydrogen-bond donors (Lipinski definition) is 0. The number of rotatable bonds is 6. The fourth-order valence-corrected chi connectivity index (χ4v) is 4.29. The third kappa shape index (κ3) is 4.83. The third-order valence-corrected chi connectivity index (χ3v) is 6.01. The van der Waals surface area contributed by atoms with Gasteiger partial charge in [0.2, 0.25) is 0 Å². The lowest BCUT2D eigenvalue weighted by atomic mass is 9.99. The highest BCUT2D eigenvalue weighted by Crippen LogP contribution is 2.26. The van der Waals surface area contributed by atoms with Crippen molar-refractivity contribution in [1.82, 2.24) is 29.8 Å². The zero-order chi connectivity index (χ0) is 22.5. The van der Waals surface area contributed by atoms with E-state index in [4.69, 9.17) is 0 Å². The zero-order valence-electron chi connectivity index (χ0n) is 18.4. The SMILES string of the molecule is O=C(c1cn(C(c2ccccc2)c2ccccc2)nn1)N1CCN(Cc2cccnc2)CC1. The Morgan fingerprint density at radius 2 is 1.52 bits per heavy atom. The first-order valence-electron chi connectivity index (χ1n) is 11.2. The molecule has 5 rings (SSSR count). The Hall–Kier alpha value is -3.84. The van der Waals surface area contributed by atoms with Crippen LogP contribution in [0.5, 0.6) is 0 Å². The summed E-state index contributed by atoms with van der Waals surface area (Å²) < 4.78 is 1.79. The van der Waals surface area contributed by atoms with Crippen molar-refractivity contribution in [3.05, 3.63) is 114 Å². The van der Waals surface area contributed by atoms with Crippen molar-refractivity contribution in [2.24, 2.45) is 0 Å². The lowest BCUT2D eigenvalue weighted by Gasteiger charge is -2.34. The third-order valence-electron chi connectivity index (χ3n) is 6.01. The van der Waals surface area contributed by atoms with Gasteiger partial charge in [0.25, 0.3) is 5.91 Å². The van der Waals surface area contributed by atoms with E-state index in [-0.39, 0.29) is 11.9 Å². The summed E-state index contributed by atoms with van der Waals surface area (Å²) in [4.78, 5) is 21.6. The molecule has 1 aliphatic heterocycles. The molecule has 0 saturated carbocycles. The smallest absolute Gasteiger partial charge is 0.276 e. The van der Waals surface area contributed by atoms with Crippen molar-refractivity contribution in [2.75, 3.05) is 26.2 Å². The lowest BCUT2D eigenvalue weighted by molar-refractivity contribution is 0.0622. The van der Waals surface area contributed by atoms with Gasteiger partial charge >= 0.3 is 0 Å². The van der Waals surface area contributed by atoms with Crippen LogP contribution in [0, 0.1) is 0 Å². The van der Waals surface area contributed by atoms with Crippen LogP contribution in [0.3, 0.4) is 0 Å². The Bertz CT molecular complexity index is 1130. The monoisotopic (exact) mass is 438 g/mol. The fraction of sp³-hybridized carbons (Fsp3) is 0.231. The largest absolute Gasteiger partial charge is 0.335 e. The van der Waals surface area contributed by atoms with Gasteiger partial charge in [0.15, 0.2) is 5.69 Å². The quantitative estimate of drug-likeness (QED) is 0.462. The van der Waals surface area contributed by atoms with E-state index in [0.29, 0.717) is 18.8 Å². The van der Waals surface area contributed by atoms with Crippen LogP contribution in [-0.4, -0.2) is 61.9 Å². The zero-order valence-corrected chi connectivity index (χ0v) is 18.4. The molecule has 0 atom stereocenters. The van der Waals surface area contributed by atoms with Gasteiger partial charge in [-0.15, -0.1) is 5.10 Å². The molecule has 0 bridgehead atoms. The second kappa shape index (κ2) is 9.75. The Labute approximate surface area is 193 Å². The highest BCUT2D eigenvalue weighted by molar-refractivity contribution is 5.92. The first-order chi connectivity index (χ1) is 16.3. The molecule has 4 aromatic rings. The standard InChI is InChI=1S/C26H26N6O/c33-26(31-16-14-30(15-17-31)19-21-8-7-13-27-18-21)24-20-32(29-28-24)25(22-9-3-1-4-10-22)23-11-5-2-6-12-23/h1-13,18,20,25H,14-17,19H2. The van der Waals surface area contributed by atoms with E-state index in [0.717, 1.165) is 30.8 Å². The lowest BCUT2D eigenvalue weighted by Crippen LogP contribution is -2.48. The minimum Gasteiger partial charge on any atom is -0.335 e. The topological polar surface area (TPSA) is 67.2 Å². The van der Waals surface area contributed by atoms with E-state index in [1.54, 1.807) is 17.1 Å². The number of pyridine rings is 1. The average molecular weight is 439 g/mol. The van der Waals surface area contributed by atoms with Crippen LogP contribution in [0.2, 0.25) is 0 Å². The van der Waals surface area contributed by atoms with Crippen molar-refractivity contribution in [3.63, 3.8) is 0 Å². The van der Waals surface area contributed by atoms with Gasteiger partial charge < -0.3 is 4.90 Å². The molecule has 1 fully saturated rings. The molecule has 2 aromatic heterocycles. The number of benzene rings is 2. The maximum Gasteiger partial charge on any atom is 0.276 e. The van der Waals surface area contributed by atoms with Crippen molar-refractivity contribution in [3.8, 4) is 0 Å². The van der Waals surface area contributed by atoms with Crippen LogP contribution in [0.1, 0.15) is 33.2 Å². The maximum absolute atomic E-state index is 13.2. The van der Waals surface area contributed by atoms with E-state index in [2.05, 4.69) is 50.5 Å². The number of nitrogens with zero attached hydrogens (tertiary/aromatic N) is 6. The molecule has 2 aromatic carbocycles. The Morgan fingerprint density at radius 3 is 2.12 bits per heavy atom. The summed E-state index contributed by atoms with van der Waals surface area (Å²) in [6, 6.07) is 24.2. The Morgan fingerprint density at radius 1 is 0.848 bits per heavy atom. The highest BCUT2D eigenvalue weighted by Gasteiger charge is 2.26. The first-order valence-corrected chi connectivity index (χ1v) is 11.2. The molecule has 0 radical (unpaired) electrons. The molecule has 7 nitrogen and oxygen atoms in total. The molecule has 0 N–H and O–H groups in total. The number of carbonyl (C=O) groups excluding carboxylic acids is 1. The van der Waals surface area contributed by atoms with Gasteiger partial charge in [0.1, 0.15) is 6.04 Å². The van der Waals surface area contributed by atoms with Gasteiger partial charge in [-0.05, 0) is 22.8 Å². The molecule has 1 aliphatic rings. The first kappa shape index (κ1) is 21.0. The summed E-state index contributed by atoms with van der Waals surface area (Å²) in [5.74, 6) is -0.0675. The molecule has 1 saturated heterocycles. The molecule has 1 amide bonds. The van der Waals surface area contributed by atoms with E-state index in [9.17, 15) is 4.79 Å². The van der Waals surface area contributed by atoms with Gasteiger partial charge in [0.05, 0.1) is 6.20 Å². The minimum absolute atomic E-state index is 0.0675. The summed E-state index contributed by atoms with van der Waals surface area (Å²) in [5.41, 5.74) is 3.76. The summed E-state index contributed by atoms with van der Waals surface area (Å²) >= 11 is 0. The highest BCUT2D eigenvalue weighted by atomic mass is 16.2. The number of amides is 1. The number of carbonyl (C=O) groups is 1. The second-order valence-electron chi connectivity index (χ2n) is 8.24. The fourth-order valence-electron chi connectivity index (χ4n) is 4.29. The van der Waals surface area contributed by atoms with E-state index < -0.39 is 0 Å². The van der Waals surface area contributed by atoms with Gasteiger partial charge in [0, 0.05) is 45.1 Å². The predicted octanol–water partition coefficient (Wildman–Crippen LogP) is 3.27. The molecule has 0 spiro atoms. The molecular formula is C26H26N6O. The molecule has 0 aliphatic carbocycles. The van der Waals surface area contributed by atoms with Crippen molar-refractivity contribution in [1.29, 1.82) is 0 Å². The molecular weight excluding hydrogens is 412 g/mol. The molecule has 7 heteroatoms. The summed E-state index contributed by atoms with van der Waals surface area (Å²) in [7, 11) is 0. The molecule has 0 unspecified atom stereocenters. The number of piperazine rings is 1. The summed E-state index contributed by atoms with van der Waals surface area (Å²) in [6.45, 7) is 3.85. The van der Waals surface area contributed by atoms with Crippen molar-refractivity contribution >= 4 is 5.91 Å². The maximum atomic E-state index is 13.2. The molecule has 166 valence electrons. The Balaban J connectivity index is 1.29. The van der Waals surface area contributed by atoms with Crippen LogP contribution in [0.4, 0.5) is 0 Å². The predicted molar refractivity (Wildman–Crippen MR) is 126 cm³/mol. The Kier molecular flexibility index (Phi) is 6.21. The number of hydrogen-bond acceptors (Lipinski definition) is 5. The van der Waals surface area contributed by atoms with Crippen LogP contribution in [0.15, 0.2) is 91.4 Å². The summed E-state index contributed by atoms with van der Waals surface area (Å²) in [6.07, 6.45) is 5.45. The molecule has 33 heavy (non-hydrogen) atoms. The van der Waals surface area contributed by atoms with E-state index in [1.807, 2.05) is 53.6 Å². The van der Waals surface area contributed by atoms with Gasteiger partial charge in [-0.25, -0.2) is 4.68 Å². The van der Waals surface area contributed by atoms with Crippen LogP contribution in [-0.2, 0) is 6.54 Å². The van der Waals surface area contributed by atoms with Crippen molar-refractivity contribution < 1.29 is 4.79 Å². The van der Waals surface area contributed by atoms with Gasteiger partial charge in [-0.3, -0.25) is 14.7 Å². The van der Waals surface area contributed by atoms with Crippen molar-refractivity contribution in [2.45, 2.75) is 12.6 Å². The second-order valence-corrected chi connectivity index (χ2v) is 8.24. The van der Waals surface area contributed by atoms with E-state index >= 15 is 0 Å². The average Bonchev–Trinajstić information content (AvgIpc) is 3.36. The van der Waals surface area contributed by atoms with E-state index in [1.165, 1.54) is 5.56 Å². The van der Waals surface area contributed by atoms with Gasteiger partial charge in [-0.2, -0.15) is 0 Å². The minimum atomic E-state index is -0.141. The van der Waals surface area contributed by atoms with Crippen LogP contribution in [0.25, 0.3) is 0 Å². The summed E-state index contributed by atoms with van der Waals surface area (Å²) in [5, 5.41) is 8.61. The van der Waals surface area contributed by atoms with Crippen LogP contribution < -0.4 is 0 Å². The van der Waals surface area contributed by atoms with Crippen LogP contribution >= 0.6 is 0 Å². The van der Waals surface area contributed by atoms with Gasteiger partial charge in [-0.1, -0.05) is 71.9 Å². The normalized spacial score (nSPS) is 14.5. The number of aromatic nitrogens is 4. The molecule has 3 heterocycles.